The minimum absolute atomic E-state index is 0.213. The van der Waals surface area contributed by atoms with Crippen LogP contribution in [0.1, 0.15) is 0 Å². The molecular formula is C24H18B2Br2. The smallest absolute Gasteiger partial charge is 0.143 e. The highest BCUT2D eigenvalue weighted by molar-refractivity contribution is 9.25. The second kappa shape index (κ2) is 8.98. The number of halogens is 2. The van der Waals surface area contributed by atoms with Crippen molar-refractivity contribution in [2.45, 2.75) is 0 Å². The minimum Gasteiger partial charge on any atom is -0.143 e. The zero-order chi connectivity index (χ0) is 19.3. The number of hydrogen-bond donors (Lipinski definition) is 0. The van der Waals surface area contributed by atoms with Crippen LogP contribution < -0.4 is 21.9 Å². The van der Waals surface area contributed by atoms with Crippen LogP contribution in [0.5, 0.6) is 0 Å². The highest BCUT2D eigenvalue weighted by Gasteiger charge is 2.16. The SMILES string of the molecule is BrB(c1ccccc1)c1ccc(-c2ccc(B(Br)c3ccccc3)cc2)cc1. The Morgan fingerprint density at radius 3 is 0.964 bits per heavy atom. The fraction of sp³-hybridized carbons (Fsp3) is 0. The first-order valence-electron chi connectivity index (χ1n) is 9.31. The van der Waals surface area contributed by atoms with Gasteiger partial charge in [0.1, 0.15) is 0 Å². The van der Waals surface area contributed by atoms with Crippen molar-refractivity contribution >= 4 is 64.4 Å². The van der Waals surface area contributed by atoms with E-state index in [0.29, 0.717) is 0 Å². The molecule has 0 N–H and O–H groups in total. The molecule has 0 spiro atoms. The summed E-state index contributed by atoms with van der Waals surface area (Å²) >= 11 is 7.63. The third kappa shape index (κ3) is 4.34. The van der Waals surface area contributed by atoms with Crippen LogP contribution in [0.15, 0.2) is 109 Å². The van der Waals surface area contributed by atoms with Crippen LogP contribution in [-0.4, -0.2) is 11.1 Å². The number of hydrogen-bond acceptors (Lipinski definition) is 0. The van der Waals surface area contributed by atoms with Gasteiger partial charge in [-0.2, -0.15) is 0 Å². The molecule has 0 saturated carbocycles. The lowest BCUT2D eigenvalue weighted by molar-refractivity contribution is 1.65. The molecule has 0 heterocycles. The molecule has 28 heavy (non-hydrogen) atoms. The zero-order valence-corrected chi connectivity index (χ0v) is 18.5. The van der Waals surface area contributed by atoms with Crippen LogP contribution in [0.2, 0.25) is 0 Å². The second-order valence-electron chi connectivity index (χ2n) is 6.79. The van der Waals surface area contributed by atoms with E-state index in [1.54, 1.807) is 0 Å². The van der Waals surface area contributed by atoms with E-state index in [4.69, 9.17) is 0 Å². The van der Waals surface area contributed by atoms with E-state index in [1.807, 2.05) is 12.1 Å². The predicted octanol–water partition coefficient (Wildman–Crippen LogP) is 4.35. The summed E-state index contributed by atoms with van der Waals surface area (Å²) in [5.74, 6) is 0. The van der Waals surface area contributed by atoms with Gasteiger partial charge >= 0.3 is 0 Å². The monoisotopic (exact) mass is 486 g/mol. The molecule has 0 saturated heterocycles. The lowest BCUT2D eigenvalue weighted by atomic mass is 9.63. The molecule has 0 nitrogen and oxygen atoms in total. The predicted molar refractivity (Wildman–Crippen MR) is 133 cm³/mol. The Morgan fingerprint density at radius 2 is 0.643 bits per heavy atom. The van der Waals surface area contributed by atoms with Gasteiger partial charge in [0.05, 0.1) is 0 Å². The van der Waals surface area contributed by atoms with Crippen LogP contribution in [0.3, 0.4) is 0 Å². The van der Waals surface area contributed by atoms with Gasteiger partial charge in [-0.3, -0.25) is 0 Å². The summed E-state index contributed by atoms with van der Waals surface area (Å²) < 4.78 is 0. The highest BCUT2D eigenvalue weighted by Crippen LogP contribution is 2.18. The second-order valence-corrected chi connectivity index (χ2v) is 8.62. The van der Waals surface area contributed by atoms with E-state index >= 15 is 0 Å². The first kappa shape index (κ1) is 19.3. The first-order chi connectivity index (χ1) is 13.7. The molecule has 0 unspecified atom stereocenters. The maximum atomic E-state index is 3.82. The van der Waals surface area contributed by atoms with E-state index in [0.717, 1.165) is 0 Å². The van der Waals surface area contributed by atoms with Gasteiger partial charge < -0.3 is 0 Å². The summed E-state index contributed by atoms with van der Waals surface area (Å²) in [6.07, 6.45) is 0. The molecule has 0 aromatic heterocycles. The molecule has 4 aromatic carbocycles. The Hall–Kier alpha value is -2.03. The molecule has 0 radical (unpaired) electrons. The number of benzene rings is 4. The van der Waals surface area contributed by atoms with Crippen molar-refractivity contribution in [1.29, 1.82) is 0 Å². The van der Waals surface area contributed by atoms with Gasteiger partial charge in [-0.05, 0) is 11.1 Å². The summed E-state index contributed by atoms with van der Waals surface area (Å²) in [7, 11) is 0. The molecule has 4 rings (SSSR count). The summed E-state index contributed by atoms with van der Waals surface area (Å²) in [6, 6.07) is 38.6. The summed E-state index contributed by atoms with van der Waals surface area (Å²) in [6.45, 7) is 0. The average Bonchev–Trinajstić information content (AvgIpc) is 2.79. The lowest BCUT2D eigenvalue weighted by Crippen LogP contribution is -2.36. The molecule has 4 aromatic rings. The van der Waals surface area contributed by atoms with Gasteiger partial charge in [-0.1, -0.05) is 131 Å². The van der Waals surface area contributed by atoms with Crippen molar-refractivity contribution in [2.24, 2.45) is 0 Å². The van der Waals surface area contributed by atoms with Gasteiger partial charge in [0.25, 0.3) is 11.1 Å². The first-order valence-corrected chi connectivity index (χ1v) is 11.1. The van der Waals surface area contributed by atoms with E-state index in [9.17, 15) is 0 Å². The Labute approximate surface area is 184 Å². The van der Waals surface area contributed by atoms with Gasteiger partial charge in [0.2, 0.25) is 0 Å². The summed E-state index contributed by atoms with van der Waals surface area (Å²) in [5, 5.41) is 0. The van der Waals surface area contributed by atoms with Gasteiger partial charge in [-0.25, -0.2) is 0 Å². The van der Waals surface area contributed by atoms with Gasteiger partial charge in [-0.15, -0.1) is 31.5 Å². The largest absolute Gasteiger partial charge is 0.287 e. The molecule has 0 bridgehead atoms. The normalized spacial score (nSPS) is 10.5. The molecule has 0 atom stereocenters. The lowest BCUT2D eigenvalue weighted by Gasteiger charge is -2.10. The van der Waals surface area contributed by atoms with Crippen molar-refractivity contribution in [2.75, 3.05) is 0 Å². The Morgan fingerprint density at radius 1 is 0.357 bits per heavy atom. The van der Waals surface area contributed by atoms with Crippen LogP contribution >= 0.6 is 31.5 Å². The van der Waals surface area contributed by atoms with Crippen molar-refractivity contribution in [3.63, 3.8) is 0 Å². The Bertz CT molecular complexity index is 931. The molecule has 0 aliphatic rings. The minimum atomic E-state index is 0.213. The van der Waals surface area contributed by atoms with Crippen molar-refractivity contribution in [1.82, 2.24) is 0 Å². The molecular weight excluding hydrogens is 470 g/mol. The standard InChI is InChI=1S/C24H18B2Br2/c27-25(21-7-3-1-4-8-21)23-15-11-19(12-16-23)20-13-17-24(18-14-20)26(28)22-9-5-2-6-10-22/h1-18H. The summed E-state index contributed by atoms with van der Waals surface area (Å²) in [5.41, 5.74) is 7.94. The van der Waals surface area contributed by atoms with Crippen molar-refractivity contribution < 1.29 is 0 Å². The third-order valence-electron chi connectivity index (χ3n) is 4.92. The topological polar surface area (TPSA) is 0 Å². The van der Waals surface area contributed by atoms with Crippen molar-refractivity contribution in [3.8, 4) is 11.1 Å². The van der Waals surface area contributed by atoms with Crippen LogP contribution in [-0.2, 0) is 0 Å². The summed E-state index contributed by atoms with van der Waals surface area (Å²) in [4.78, 5) is 0. The molecule has 4 heteroatoms. The fourth-order valence-electron chi connectivity index (χ4n) is 3.32. The van der Waals surface area contributed by atoms with Crippen LogP contribution in [0.25, 0.3) is 11.1 Å². The van der Waals surface area contributed by atoms with Crippen LogP contribution in [0.4, 0.5) is 0 Å². The molecule has 0 aliphatic carbocycles. The molecule has 134 valence electrons. The van der Waals surface area contributed by atoms with Gasteiger partial charge in [0.15, 0.2) is 0 Å². The van der Waals surface area contributed by atoms with E-state index in [-0.39, 0.29) is 11.1 Å². The maximum absolute atomic E-state index is 3.82. The Balaban J connectivity index is 1.52. The van der Waals surface area contributed by atoms with Crippen LogP contribution in [0, 0.1) is 0 Å². The Kier molecular flexibility index (Phi) is 6.19. The fourth-order valence-corrected chi connectivity index (χ4v) is 4.54. The maximum Gasteiger partial charge on any atom is 0.287 e. The molecule has 0 fully saturated rings. The molecule has 0 aliphatic heterocycles. The van der Waals surface area contributed by atoms with E-state index in [2.05, 4.69) is 129 Å². The zero-order valence-electron chi connectivity index (χ0n) is 15.3. The van der Waals surface area contributed by atoms with E-state index in [1.165, 1.54) is 33.0 Å². The highest BCUT2D eigenvalue weighted by atomic mass is 79.9. The average molecular weight is 488 g/mol. The van der Waals surface area contributed by atoms with Crippen molar-refractivity contribution in [3.05, 3.63) is 109 Å². The number of rotatable bonds is 5. The van der Waals surface area contributed by atoms with Gasteiger partial charge in [0, 0.05) is 0 Å². The van der Waals surface area contributed by atoms with E-state index < -0.39 is 0 Å². The molecule has 0 amide bonds. The quantitative estimate of drug-likeness (QED) is 0.367. The third-order valence-corrected chi connectivity index (χ3v) is 7.04.